The fourth-order valence-electron chi connectivity index (χ4n) is 2.77. The molecule has 1 N–H and O–H groups in total. The van der Waals surface area contributed by atoms with E-state index in [2.05, 4.69) is 4.90 Å². The molecule has 1 aromatic carbocycles. The van der Waals surface area contributed by atoms with E-state index in [4.69, 9.17) is 5.11 Å². The monoisotopic (exact) mass is 298 g/mol. The molecule has 0 aromatic heterocycles. The lowest BCUT2D eigenvalue weighted by Crippen LogP contribution is -2.44. The van der Waals surface area contributed by atoms with Gasteiger partial charge in [0, 0.05) is 18.2 Å². The Kier molecular flexibility index (Phi) is 5.25. The van der Waals surface area contributed by atoms with Crippen LogP contribution in [-0.4, -0.2) is 53.6 Å². The SMILES string of the molecule is CN(CC(=O)O)C1CCN(Cc2cccc(F)c2F)CC1. The molecular formula is C15H20F2N2O2. The molecule has 4 nitrogen and oxygen atoms in total. The van der Waals surface area contributed by atoms with Crippen molar-refractivity contribution in [3.63, 3.8) is 0 Å². The Labute approximate surface area is 123 Å². The molecule has 116 valence electrons. The fourth-order valence-corrected chi connectivity index (χ4v) is 2.77. The van der Waals surface area contributed by atoms with E-state index in [9.17, 15) is 13.6 Å². The number of piperidine rings is 1. The number of nitrogens with zero attached hydrogens (tertiary/aromatic N) is 2. The molecule has 0 atom stereocenters. The van der Waals surface area contributed by atoms with Gasteiger partial charge in [0.2, 0.25) is 0 Å². The summed E-state index contributed by atoms with van der Waals surface area (Å²) in [5.74, 6) is -2.42. The lowest BCUT2D eigenvalue weighted by Gasteiger charge is -2.36. The molecule has 0 radical (unpaired) electrons. The summed E-state index contributed by atoms with van der Waals surface area (Å²) >= 11 is 0. The third kappa shape index (κ3) is 4.22. The first-order valence-electron chi connectivity index (χ1n) is 7.04. The van der Waals surface area contributed by atoms with Gasteiger partial charge in [-0.2, -0.15) is 0 Å². The van der Waals surface area contributed by atoms with Crippen LogP contribution < -0.4 is 0 Å². The van der Waals surface area contributed by atoms with Crippen LogP contribution in [-0.2, 0) is 11.3 Å². The molecule has 0 bridgehead atoms. The highest BCUT2D eigenvalue weighted by Crippen LogP contribution is 2.19. The number of carboxylic acid groups (broad SMARTS) is 1. The number of likely N-dealkylation sites (N-methyl/N-ethyl adjacent to an activating group) is 1. The van der Waals surface area contributed by atoms with Crippen molar-refractivity contribution in [2.45, 2.75) is 25.4 Å². The molecule has 6 heteroatoms. The number of hydrogen-bond donors (Lipinski definition) is 1. The average Bonchev–Trinajstić information content (AvgIpc) is 2.44. The number of hydrogen-bond acceptors (Lipinski definition) is 3. The topological polar surface area (TPSA) is 43.8 Å². The molecule has 0 aliphatic carbocycles. The van der Waals surface area contributed by atoms with E-state index in [0.717, 1.165) is 32.0 Å². The van der Waals surface area contributed by atoms with E-state index < -0.39 is 17.6 Å². The van der Waals surface area contributed by atoms with Crippen LogP contribution in [0.1, 0.15) is 18.4 Å². The van der Waals surface area contributed by atoms with E-state index in [1.165, 1.54) is 6.07 Å². The Bertz CT molecular complexity index is 502. The maximum Gasteiger partial charge on any atom is 0.317 e. The fraction of sp³-hybridized carbons (Fsp3) is 0.533. The molecule has 0 spiro atoms. The van der Waals surface area contributed by atoms with Crippen LogP contribution in [0, 0.1) is 11.6 Å². The minimum absolute atomic E-state index is 0.0309. The maximum absolute atomic E-state index is 13.6. The Hall–Kier alpha value is -1.53. The Morgan fingerprint density at radius 1 is 1.38 bits per heavy atom. The van der Waals surface area contributed by atoms with Crippen molar-refractivity contribution in [3.05, 3.63) is 35.4 Å². The van der Waals surface area contributed by atoms with Gasteiger partial charge >= 0.3 is 5.97 Å². The molecule has 1 aliphatic rings. The van der Waals surface area contributed by atoms with Gasteiger partial charge in [0.25, 0.3) is 0 Å². The maximum atomic E-state index is 13.6. The standard InChI is InChI=1S/C15H20F2N2O2/c1-18(10-14(20)21)12-5-7-19(8-6-12)9-11-3-2-4-13(16)15(11)17/h2-4,12H,5-10H2,1H3,(H,20,21). The van der Waals surface area contributed by atoms with Crippen molar-refractivity contribution in [2.24, 2.45) is 0 Å². The summed E-state index contributed by atoms with van der Waals surface area (Å²) in [5.41, 5.74) is 0.368. The van der Waals surface area contributed by atoms with E-state index in [0.29, 0.717) is 12.1 Å². The van der Waals surface area contributed by atoms with Crippen molar-refractivity contribution in [2.75, 3.05) is 26.7 Å². The molecule has 1 saturated heterocycles. The molecular weight excluding hydrogens is 278 g/mol. The number of carbonyl (C=O) groups is 1. The first-order chi connectivity index (χ1) is 9.97. The molecule has 1 heterocycles. The van der Waals surface area contributed by atoms with Crippen molar-refractivity contribution < 1.29 is 18.7 Å². The summed E-state index contributed by atoms with van der Waals surface area (Å²) in [6, 6.07) is 4.46. The molecule has 2 rings (SSSR count). The lowest BCUT2D eigenvalue weighted by atomic mass is 10.0. The predicted molar refractivity (Wildman–Crippen MR) is 74.9 cm³/mol. The summed E-state index contributed by atoms with van der Waals surface area (Å²) in [7, 11) is 1.81. The zero-order valence-corrected chi connectivity index (χ0v) is 12.1. The minimum Gasteiger partial charge on any atom is -0.480 e. The van der Waals surface area contributed by atoms with Crippen molar-refractivity contribution in [3.8, 4) is 0 Å². The summed E-state index contributed by atoms with van der Waals surface area (Å²) in [6.45, 7) is 1.93. The van der Waals surface area contributed by atoms with Gasteiger partial charge in [0.1, 0.15) is 0 Å². The number of aliphatic carboxylic acids is 1. The van der Waals surface area contributed by atoms with Gasteiger partial charge in [0.15, 0.2) is 11.6 Å². The highest BCUT2D eigenvalue weighted by molar-refractivity contribution is 5.69. The van der Waals surface area contributed by atoms with Gasteiger partial charge < -0.3 is 5.11 Å². The summed E-state index contributed by atoms with van der Waals surface area (Å²) < 4.78 is 26.8. The van der Waals surface area contributed by atoms with Gasteiger partial charge in [-0.1, -0.05) is 12.1 Å². The van der Waals surface area contributed by atoms with E-state index in [1.807, 2.05) is 4.90 Å². The highest BCUT2D eigenvalue weighted by Gasteiger charge is 2.24. The van der Waals surface area contributed by atoms with E-state index in [1.54, 1.807) is 13.1 Å². The second kappa shape index (κ2) is 6.95. The van der Waals surface area contributed by atoms with E-state index in [-0.39, 0.29) is 12.6 Å². The Morgan fingerprint density at radius 2 is 2.05 bits per heavy atom. The zero-order chi connectivity index (χ0) is 15.4. The number of rotatable bonds is 5. The van der Waals surface area contributed by atoms with Gasteiger partial charge in [-0.05, 0) is 39.0 Å². The molecule has 1 fully saturated rings. The van der Waals surface area contributed by atoms with Crippen LogP contribution in [0.2, 0.25) is 0 Å². The predicted octanol–water partition coefficient (Wildman–Crippen LogP) is 1.95. The zero-order valence-electron chi connectivity index (χ0n) is 12.1. The third-order valence-electron chi connectivity index (χ3n) is 3.99. The minimum atomic E-state index is -0.832. The quantitative estimate of drug-likeness (QED) is 0.902. The second-order valence-corrected chi connectivity index (χ2v) is 5.53. The number of benzene rings is 1. The molecule has 1 aliphatic heterocycles. The average molecular weight is 298 g/mol. The van der Waals surface area contributed by atoms with Crippen molar-refractivity contribution >= 4 is 5.97 Å². The molecule has 0 saturated carbocycles. The normalized spacial score (nSPS) is 17.3. The molecule has 1 aromatic rings. The first-order valence-corrected chi connectivity index (χ1v) is 7.04. The highest BCUT2D eigenvalue weighted by atomic mass is 19.2. The Balaban J connectivity index is 1.87. The van der Waals surface area contributed by atoms with Gasteiger partial charge in [-0.15, -0.1) is 0 Å². The van der Waals surface area contributed by atoms with Crippen LogP contribution in [0.5, 0.6) is 0 Å². The number of halogens is 2. The van der Waals surface area contributed by atoms with Crippen LogP contribution >= 0.6 is 0 Å². The van der Waals surface area contributed by atoms with Gasteiger partial charge in [-0.25, -0.2) is 8.78 Å². The van der Waals surface area contributed by atoms with Gasteiger partial charge in [-0.3, -0.25) is 14.6 Å². The summed E-state index contributed by atoms with van der Waals surface area (Å²) in [6.07, 6.45) is 1.67. The summed E-state index contributed by atoms with van der Waals surface area (Å²) in [4.78, 5) is 14.6. The van der Waals surface area contributed by atoms with E-state index >= 15 is 0 Å². The van der Waals surface area contributed by atoms with Gasteiger partial charge in [0.05, 0.1) is 6.54 Å². The number of likely N-dealkylation sites (tertiary alicyclic amines) is 1. The van der Waals surface area contributed by atoms with Crippen LogP contribution in [0.3, 0.4) is 0 Å². The first kappa shape index (κ1) is 15.9. The van der Waals surface area contributed by atoms with Crippen LogP contribution in [0.25, 0.3) is 0 Å². The summed E-state index contributed by atoms with van der Waals surface area (Å²) in [5, 5.41) is 8.79. The van der Waals surface area contributed by atoms with Crippen LogP contribution in [0.4, 0.5) is 8.78 Å². The molecule has 21 heavy (non-hydrogen) atoms. The van der Waals surface area contributed by atoms with Crippen molar-refractivity contribution in [1.29, 1.82) is 0 Å². The Morgan fingerprint density at radius 3 is 2.67 bits per heavy atom. The lowest BCUT2D eigenvalue weighted by molar-refractivity contribution is -0.138. The second-order valence-electron chi connectivity index (χ2n) is 5.53. The molecule has 0 amide bonds. The molecule has 0 unspecified atom stereocenters. The van der Waals surface area contributed by atoms with Crippen LogP contribution in [0.15, 0.2) is 18.2 Å². The largest absolute Gasteiger partial charge is 0.480 e. The third-order valence-corrected chi connectivity index (χ3v) is 3.99. The smallest absolute Gasteiger partial charge is 0.317 e. The number of carboxylic acids is 1. The van der Waals surface area contributed by atoms with Crippen molar-refractivity contribution in [1.82, 2.24) is 9.80 Å².